The van der Waals surface area contributed by atoms with E-state index in [4.69, 9.17) is 27.6 Å². The highest BCUT2D eigenvalue weighted by molar-refractivity contribution is 7.99. The molecule has 8 heteroatoms. The van der Waals surface area contributed by atoms with Crippen LogP contribution in [0, 0.1) is 6.92 Å². The number of aromatic nitrogens is 2. The molecule has 0 spiro atoms. The number of hydrogen-bond acceptors (Lipinski definition) is 5. The van der Waals surface area contributed by atoms with E-state index in [0.717, 1.165) is 22.9 Å². The highest BCUT2D eigenvalue weighted by atomic mass is 35.5. The van der Waals surface area contributed by atoms with Gasteiger partial charge in [-0.15, -0.1) is 10.2 Å². The van der Waals surface area contributed by atoms with Crippen LogP contribution in [-0.4, -0.2) is 21.9 Å². The van der Waals surface area contributed by atoms with E-state index in [-0.39, 0.29) is 11.7 Å². The predicted molar refractivity (Wildman–Crippen MR) is 100 cm³/mol. The van der Waals surface area contributed by atoms with Crippen molar-refractivity contribution in [1.82, 2.24) is 10.2 Å². The van der Waals surface area contributed by atoms with Crippen molar-refractivity contribution < 1.29 is 9.21 Å². The van der Waals surface area contributed by atoms with E-state index in [2.05, 4.69) is 15.5 Å². The fourth-order valence-corrected chi connectivity index (χ4v) is 2.99. The van der Waals surface area contributed by atoms with Gasteiger partial charge in [0.25, 0.3) is 5.22 Å². The Kier molecular flexibility index (Phi) is 5.63. The van der Waals surface area contributed by atoms with Crippen LogP contribution in [-0.2, 0) is 4.79 Å². The smallest absolute Gasteiger partial charge is 0.277 e. The van der Waals surface area contributed by atoms with Gasteiger partial charge in [-0.25, -0.2) is 0 Å². The molecule has 3 aromatic rings. The third kappa shape index (κ3) is 4.54. The molecule has 0 saturated heterocycles. The van der Waals surface area contributed by atoms with Crippen molar-refractivity contribution in [2.45, 2.75) is 12.1 Å². The number of amides is 1. The van der Waals surface area contributed by atoms with Crippen LogP contribution in [0.25, 0.3) is 11.5 Å². The standard InChI is InChI=1S/C17H13Cl2N3O2S/c1-10-4-2-5-11(8-10)16-21-22-17(24-16)25-9-14(23)20-13-7-3-6-12(18)15(13)19/h2-8H,9H2,1H3,(H,20,23). The van der Waals surface area contributed by atoms with E-state index in [0.29, 0.717) is 26.8 Å². The molecular formula is C17H13Cl2N3O2S. The largest absolute Gasteiger partial charge is 0.411 e. The van der Waals surface area contributed by atoms with Gasteiger partial charge in [-0.3, -0.25) is 4.79 Å². The first-order valence-corrected chi connectivity index (χ1v) is 9.04. The Morgan fingerprint density at radius 3 is 2.80 bits per heavy atom. The third-order valence-electron chi connectivity index (χ3n) is 3.22. The van der Waals surface area contributed by atoms with Crippen molar-refractivity contribution in [3.05, 3.63) is 58.1 Å². The number of halogens is 2. The summed E-state index contributed by atoms with van der Waals surface area (Å²) in [4.78, 5) is 12.0. The molecule has 0 aliphatic carbocycles. The Morgan fingerprint density at radius 1 is 1.20 bits per heavy atom. The lowest BCUT2D eigenvalue weighted by Crippen LogP contribution is -2.14. The van der Waals surface area contributed by atoms with Crippen molar-refractivity contribution in [2.24, 2.45) is 0 Å². The van der Waals surface area contributed by atoms with Crippen LogP contribution < -0.4 is 5.32 Å². The zero-order chi connectivity index (χ0) is 17.8. The summed E-state index contributed by atoms with van der Waals surface area (Å²) in [6, 6.07) is 12.8. The van der Waals surface area contributed by atoms with Gasteiger partial charge in [0, 0.05) is 5.56 Å². The maximum absolute atomic E-state index is 12.0. The summed E-state index contributed by atoms with van der Waals surface area (Å²) in [6.45, 7) is 1.99. The highest BCUT2D eigenvalue weighted by Gasteiger charge is 2.13. The highest BCUT2D eigenvalue weighted by Crippen LogP contribution is 2.30. The van der Waals surface area contributed by atoms with E-state index in [9.17, 15) is 4.79 Å². The fourth-order valence-electron chi connectivity index (χ4n) is 2.08. The van der Waals surface area contributed by atoms with Crippen LogP contribution >= 0.6 is 35.0 Å². The minimum atomic E-state index is -0.246. The average molecular weight is 394 g/mol. The summed E-state index contributed by atoms with van der Waals surface area (Å²) in [5.41, 5.74) is 2.41. The number of carbonyl (C=O) groups is 1. The number of carbonyl (C=O) groups excluding carboxylic acids is 1. The van der Waals surface area contributed by atoms with Crippen LogP contribution in [0.2, 0.25) is 10.0 Å². The first-order chi connectivity index (χ1) is 12.0. The molecule has 0 aliphatic heterocycles. The maximum atomic E-state index is 12.0. The molecule has 3 rings (SSSR count). The molecule has 1 N–H and O–H groups in total. The Bertz CT molecular complexity index is 914. The van der Waals surface area contributed by atoms with Gasteiger partial charge in [0.2, 0.25) is 11.8 Å². The van der Waals surface area contributed by atoms with Gasteiger partial charge < -0.3 is 9.73 Å². The van der Waals surface area contributed by atoms with E-state index in [1.54, 1.807) is 18.2 Å². The maximum Gasteiger partial charge on any atom is 0.277 e. The molecule has 1 aromatic heterocycles. The number of benzene rings is 2. The SMILES string of the molecule is Cc1cccc(-c2nnc(SCC(=O)Nc3cccc(Cl)c3Cl)o2)c1. The Morgan fingerprint density at radius 2 is 2.00 bits per heavy atom. The number of thioether (sulfide) groups is 1. The van der Waals surface area contributed by atoms with Crippen LogP contribution in [0.1, 0.15) is 5.56 Å². The van der Waals surface area contributed by atoms with Crippen molar-refractivity contribution in [3.8, 4) is 11.5 Å². The Labute approximate surface area is 158 Å². The average Bonchev–Trinajstić information content (AvgIpc) is 3.06. The van der Waals surface area contributed by atoms with Crippen LogP contribution in [0.4, 0.5) is 5.69 Å². The molecule has 1 heterocycles. The lowest BCUT2D eigenvalue weighted by atomic mass is 10.1. The molecule has 0 fully saturated rings. The number of hydrogen-bond donors (Lipinski definition) is 1. The number of nitrogens with one attached hydrogen (secondary N) is 1. The Balaban J connectivity index is 1.60. The van der Waals surface area contributed by atoms with Crippen LogP contribution in [0.15, 0.2) is 52.1 Å². The number of nitrogens with zero attached hydrogens (tertiary/aromatic N) is 2. The first kappa shape index (κ1) is 17.8. The summed E-state index contributed by atoms with van der Waals surface area (Å²) in [7, 11) is 0. The second-order valence-electron chi connectivity index (χ2n) is 5.18. The zero-order valence-corrected chi connectivity index (χ0v) is 15.5. The summed E-state index contributed by atoms with van der Waals surface area (Å²) < 4.78 is 5.58. The predicted octanol–water partition coefficient (Wildman–Crippen LogP) is 5.08. The molecule has 128 valence electrons. The normalized spacial score (nSPS) is 10.7. The lowest BCUT2D eigenvalue weighted by molar-refractivity contribution is -0.113. The van der Waals surface area contributed by atoms with Gasteiger partial charge in [-0.1, -0.05) is 58.7 Å². The van der Waals surface area contributed by atoms with Crippen molar-refractivity contribution in [1.29, 1.82) is 0 Å². The number of aryl methyl sites for hydroxylation is 1. The topological polar surface area (TPSA) is 68.0 Å². The fraction of sp³-hybridized carbons (Fsp3) is 0.118. The molecule has 0 saturated carbocycles. The monoisotopic (exact) mass is 393 g/mol. The quantitative estimate of drug-likeness (QED) is 0.611. The van der Waals surface area contributed by atoms with E-state index in [1.165, 1.54) is 0 Å². The molecule has 25 heavy (non-hydrogen) atoms. The lowest BCUT2D eigenvalue weighted by Gasteiger charge is -2.07. The molecule has 2 aromatic carbocycles. The van der Waals surface area contributed by atoms with Crippen molar-refractivity contribution in [3.63, 3.8) is 0 Å². The van der Waals surface area contributed by atoms with E-state index < -0.39 is 0 Å². The minimum Gasteiger partial charge on any atom is -0.411 e. The van der Waals surface area contributed by atoms with Gasteiger partial charge in [0.15, 0.2) is 0 Å². The molecule has 5 nitrogen and oxygen atoms in total. The first-order valence-electron chi connectivity index (χ1n) is 7.30. The van der Waals surface area contributed by atoms with Gasteiger partial charge in [-0.2, -0.15) is 0 Å². The summed E-state index contributed by atoms with van der Waals surface area (Å²) >= 11 is 13.1. The third-order valence-corrected chi connectivity index (χ3v) is 4.86. The molecule has 0 radical (unpaired) electrons. The molecular weight excluding hydrogens is 381 g/mol. The number of anilines is 1. The van der Waals surface area contributed by atoms with E-state index in [1.807, 2.05) is 31.2 Å². The molecule has 0 unspecified atom stereocenters. The van der Waals surface area contributed by atoms with Crippen LogP contribution in [0.5, 0.6) is 0 Å². The molecule has 0 aliphatic rings. The van der Waals surface area contributed by atoms with Gasteiger partial charge in [0.1, 0.15) is 0 Å². The zero-order valence-electron chi connectivity index (χ0n) is 13.1. The minimum absolute atomic E-state index is 0.109. The summed E-state index contributed by atoms with van der Waals surface area (Å²) in [5, 5.41) is 11.7. The second-order valence-corrected chi connectivity index (χ2v) is 6.89. The summed E-state index contributed by atoms with van der Waals surface area (Å²) in [5.74, 6) is 0.284. The van der Waals surface area contributed by atoms with Gasteiger partial charge in [0.05, 0.1) is 21.5 Å². The molecule has 0 bridgehead atoms. The van der Waals surface area contributed by atoms with Crippen molar-refractivity contribution >= 4 is 46.6 Å². The van der Waals surface area contributed by atoms with Gasteiger partial charge in [-0.05, 0) is 31.2 Å². The molecule has 0 atom stereocenters. The van der Waals surface area contributed by atoms with Crippen LogP contribution in [0.3, 0.4) is 0 Å². The summed E-state index contributed by atoms with van der Waals surface area (Å²) in [6.07, 6.45) is 0. The van der Waals surface area contributed by atoms with E-state index >= 15 is 0 Å². The molecule has 1 amide bonds. The van der Waals surface area contributed by atoms with Crippen molar-refractivity contribution in [2.75, 3.05) is 11.1 Å². The number of rotatable bonds is 5. The van der Waals surface area contributed by atoms with Gasteiger partial charge >= 0.3 is 0 Å². The Hall–Kier alpha value is -2.02. The second kappa shape index (κ2) is 7.91.